The van der Waals surface area contributed by atoms with Gasteiger partial charge in [0.15, 0.2) is 0 Å². The van der Waals surface area contributed by atoms with Gasteiger partial charge in [-0.2, -0.15) is 0 Å². The molecule has 6 heteroatoms. The molecule has 0 aliphatic carbocycles. The maximum absolute atomic E-state index is 13.9. The fraction of sp³-hybridized carbons (Fsp3) is 0.406. The van der Waals surface area contributed by atoms with E-state index in [1.54, 1.807) is 0 Å². The first kappa shape index (κ1) is 29.5. The van der Waals surface area contributed by atoms with Crippen LogP contribution in [0.15, 0.2) is 60.7 Å². The first-order valence-corrected chi connectivity index (χ1v) is 13.7. The van der Waals surface area contributed by atoms with E-state index in [0.717, 1.165) is 49.5 Å². The molecular weight excluding hydrogens is 480 g/mol. The van der Waals surface area contributed by atoms with Gasteiger partial charge in [-0.15, -0.1) is 0 Å². The third kappa shape index (κ3) is 9.99. The molecule has 0 aliphatic rings. The zero-order chi connectivity index (χ0) is 27.3. The van der Waals surface area contributed by atoms with Crippen molar-refractivity contribution in [2.45, 2.75) is 72.0 Å². The Morgan fingerprint density at radius 3 is 2.26 bits per heavy atom. The predicted molar refractivity (Wildman–Crippen MR) is 151 cm³/mol. The summed E-state index contributed by atoms with van der Waals surface area (Å²) in [5, 5.41) is 10.00. The van der Waals surface area contributed by atoms with Crippen LogP contribution in [0.3, 0.4) is 0 Å². The molecule has 0 saturated heterocycles. The quantitative estimate of drug-likeness (QED) is 0.207. The lowest BCUT2D eigenvalue weighted by Crippen LogP contribution is -2.38. The van der Waals surface area contributed by atoms with Crippen LogP contribution in [0.2, 0.25) is 0 Å². The maximum Gasteiger partial charge on any atom is 0.251 e. The molecule has 1 atom stereocenters. The van der Waals surface area contributed by atoms with Crippen molar-refractivity contribution < 1.29 is 13.6 Å². The molecule has 3 aromatic rings. The Bertz CT molecular complexity index is 1160. The molecule has 0 fully saturated rings. The fourth-order valence-electron chi connectivity index (χ4n) is 4.61. The number of unbranched alkanes of at least 4 members (excludes halogenated alkanes) is 1. The van der Waals surface area contributed by atoms with Gasteiger partial charge in [0.1, 0.15) is 11.6 Å². The summed E-state index contributed by atoms with van der Waals surface area (Å²) >= 11 is 0. The van der Waals surface area contributed by atoms with E-state index in [4.69, 9.17) is 0 Å². The SMILES string of the molecule is CCCCNCc1cc(C)cc(C(=O)N[C@H](CCNCc2cccc(CC)c2)Cc2cc(F)cc(F)c2)c1. The standard InChI is InChI=1S/C32H41F2N3O/c1-4-6-11-35-22-27-13-23(3)14-28(16-27)32(38)37-31(19-26-17-29(33)20-30(34)18-26)10-12-36-21-25-9-7-8-24(5-2)15-25/h7-9,13-18,20,31,35-36H,4-6,10-12,19,21-22H2,1-3H3,(H,37,38)/t31-/m1/s1. The molecule has 0 bridgehead atoms. The van der Waals surface area contributed by atoms with E-state index in [0.29, 0.717) is 37.1 Å². The zero-order valence-corrected chi connectivity index (χ0v) is 22.9. The third-order valence-electron chi connectivity index (χ3n) is 6.57. The normalized spacial score (nSPS) is 11.9. The molecule has 0 aliphatic heterocycles. The first-order chi connectivity index (χ1) is 18.4. The number of hydrogen-bond donors (Lipinski definition) is 3. The minimum Gasteiger partial charge on any atom is -0.349 e. The Hall–Kier alpha value is -3.09. The summed E-state index contributed by atoms with van der Waals surface area (Å²) in [4.78, 5) is 13.3. The summed E-state index contributed by atoms with van der Waals surface area (Å²) in [7, 11) is 0. The van der Waals surface area contributed by atoms with Gasteiger partial charge < -0.3 is 16.0 Å². The molecule has 38 heavy (non-hydrogen) atoms. The summed E-state index contributed by atoms with van der Waals surface area (Å²) in [5.74, 6) is -1.41. The van der Waals surface area contributed by atoms with Gasteiger partial charge in [0, 0.05) is 30.8 Å². The van der Waals surface area contributed by atoms with Crippen LogP contribution in [0.4, 0.5) is 8.78 Å². The topological polar surface area (TPSA) is 53.2 Å². The summed E-state index contributed by atoms with van der Waals surface area (Å²) in [6.45, 7) is 9.29. The van der Waals surface area contributed by atoms with E-state index >= 15 is 0 Å². The summed E-state index contributed by atoms with van der Waals surface area (Å²) in [5.41, 5.74) is 5.69. The van der Waals surface area contributed by atoms with Gasteiger partial charge in [0.05, 0.1) is 0 Å². The molecule has 204 valence electrons. The van der Waals surface area contributed by atoms with E-state index in [1.807, 2.05) is 19.1 Å². The monoisotopic (exact) mass is 521 g/mol. The van der Waals surface area contributed by atoms with Gasteiger partial charge in [-0.05, 0) is 92.2 Å². The lowest BCUT2D eigenvalue weighted by Gasteiger charge is -2.20. The van der Waals surface area contributed by atoms with Crippen molar-refractivity contribution in [2.24, 2.45) is 0 Å². The largest absolute Gasteiger partial charge is 0.349 e. The second kappa shape index (κ2) is 15.4. The number of halogens is 2. The van der Waals surface area contributed by atoms with Gasteiger partial charge in [0.25, 0.3) is 5.91 Å². The molecule has 0 unspecified atom stereocenters. The molecule has 0 heterocycles. The van der Waals surface area contributed by atoms with Crippen LogP contribution in [0.5, 0.6) is 0 Å². The molecule has 0 aromatic heterocycles. The Labute approximate surface area is 226 Å². The second-order valence-corrected chi connectivity index (χ2v) is 10.0. The van der Waals surface area contributed by atoms with Crippen molar-refractivity contribution in [2.75, 3.05) is 13.1 Å². The van der Waals surface area contributed by atoms with Crippen molar-refractivity contribution in [1.82, 2.24) is 16.0 Å². The van der Waals surface area contributed by atoms with Gasteiger partial charge in [-0.1, -0.05) is 56.2 Å². The molecule has 3 aromatic carbocycles. The predicted octanol–water partition coefficient (Wildman–Crippen LogP) is 6.25. The Balaban J connectivity index is 1.67. The summed E-state index contributed by atoms with van der Waals surface area (Å²) in [6, 6.07) is 17.6. The van der Waals surface area contributed by atoms with Gasteiger partial charge >= 0.3 is 0 Å². The average molecular weight is 522 g/mol. The minimum absolute atomic E-state index is 0.180. The van der Waals surface area contributed by atoms with E-state index in [1.165, 1.54) is 23.3 Å². The highest BCUT2D eigenvalue weighted by Crippen LogP contribution is 2.14. The van der Waals surface area contributed by atoms with E-state index in [2.05, 4.69) is 60.1 Å². The van der Waals surface area contributed by atoms with Crippen LogP contribution in [-0.4, -0.2) is 25.0 Å². The molecule has 1 amide bonds. The Kier molecular flexibility index (Phi) is 11.9. The molecule has 0 radical (unpaired) electrons. The van der Waals surface area contributed by atoms with Crippen molar-refractivity contribution in [3.63, 3.8) is 0 Å². The first-order valence-electron chi connectivity index (χ1n) is 13.7. The van der Waals surface area contributed by atoms with Crippen molar-refractivity contribution >= 4 is 5.91 Å². The van der Waals surface area contributed by atoms with Gasteiger partial charge in [0.2, 0.25) is 0 Å². The van der Waals surface area contributed by atoms with Crippen LogP contribution in [-0.2, 0) is 25.9 Å². The number of rotatable bonds is 15. The van der Waals surface area contributed by atoms with E-state index < -0.39 is 11.6 Å². The highest BCUT2D eigenvalue weighted by atomic mass is 19.1. The molecule has 3 rings (SSSR count). The molecule has 0 saturated carbocycles. The highest BCUT2D eigenvalue weighted by molar-refractivity contribution is 5.94. The molecule has 3 N–H and O–H groups in total. The van der Waals surface area contributed by atoms with E-state index in [9.17, 15) is 13.6 Å². The van der Waals surface area contributed by atoms with Crippen LogP contribution in [0.1, 0.15) is 71.3 Å². The van der Waals surface area contributed by atoms with Crippen molar-refractivity contribution in [3.05, 3.63) is 106 Å². The van der Waals surface area contributed by atoms with Gasteiger partial charge in [-0.25, -0.2) is 8.78 Å². The lowest BCUT2D eigenvalue weighted by molar-refractivity contribution is 0.0934. The Morgan fingerprint density at radius 2 is 1.53 bits per heavy atom. The summed E-state index contributed by atoms with van der Waals surface area (Å²) < 4.78 is 27.7. The lowest BCUT2D eigenvalue weighted by atomic mass is 10.0. The number of hydrogen-bond acceptors (Lipinski definition) is 3. The molecule has 4 nitrogen and oxygen atoms in total. The number of aryl methyl sites for hydroxylation is 2. The van der Waals surface area contributed by atoms with Crippen LogP contribution < -0.4 is 16.0 Å². The summed E-state index contributed by atoms with van der Waals surface area (Å²) in [6.07, 6.45) is 4.19. The highest BCUT2D eigenvalue weighted by Gasteiger charge is 2.16. The van der Waals surface area contributed by atoms with E-state index in [-0.39, 0.29) is 11.9 Å². The number of carbonyl (C=O) groups is 1. The van der Waals surface area contributed by atoms with Crippen LogP contribution in [0, 0.1) is 18.6 Å². The zero-order valence-electron chi connectivity index (χ0n) is 22.9. The van der Waals surface area contributed by atoms with Crippen LogP contribution in [0.25, 0.3) is 0 Å². The number of amides is 1. The minimum atomic E-state index is -0.613. The molecular formula is C32H41F2N3O. The average Bonchev–Trinajstić information content (AvgIpc) is 2.88. The maximum atomic E-state index is 13.9. The van der Waals surface area contributed by atoms with Crippen molar-refractivity contribution in [1.29, 1.82) is 0 Å². The number of nitrogens with one attached hydrogen (secondary N) is 3. The van der Waals surface area contributed by atoms with Crippen LogP contribution >= 0.6 is 0 Å². The molecule has 0 spiro atoms. The number of benzene rings is 3. The fourth-order valence-corrected chi connectivity index (χ4v) is 4.61. The van der Waals surface area contributed by atoms with Gasteiger partial charge in [-0.3, -0.25) is 4.79 Å². The number of carbonyl (C=O) groups excluding carboxylic acids is 1. The van der Waals surface area contributed by atoms with Crippen molar-refractivity contribution in [3.8, 4) is 0 Å². The third-order valence-corrected chi connectivity index (χ3v) is 6.57. The second-order valence-electron chi connectivity index (χ2n) is 10.0. The Morgan fingerprint density at radius 1 is 0.816 bits per heavy atom. The smallest absolute Gasteiger partial charge is 0.251 e.